The first-order chi connectivity index (χ1) is 8.02. The standard InChI is InChI=1S/C15H23NO/c1-5-17-13-8-6-7-11-9-12(15(2,3)4)10-16-14(11)13/h6-8,12,16H,5,9-10H2,1-4H3. The Morgan fingerprint density at radius 2 is 2.12 bits per heavy atom. The summed E-state index contributed by atoms with van der Waals surface area (Å²) in [4.78, 5) is 0. The molecule has 0 aromatic heterocycles. The maximum atomic E-state index is 5.66. The molecule has 1 aromatic rings. The topological polar surface area (TPSA) is 21.3 Å². The Kier molecular flexibility index (Phi) is 3.32. The van der Waals surface area contributed by atoms with E-state index >= 15 is 0 Å². The highest BCUT2D eigenvalue weighted by Gasteiger charge is 2.29. The number of hydrogen-bond acceptors (Lipinski definition) is 2. The van der Waals surface area contributed by atoms with E-state index in [2.05, 4.69) is 38.2 Å². The summed E-state index contributed by atoms with van der Waals surface area (Å²) >= 11 is 0. The molecule has 0 saturated carbocycles. The van der Waals surface area contributed by atoms with E-state index < -0.39 is 0 Å². The van der Waals surface area contributed by atoms with Crippen molar-refractivity contribution in [2.75, 3.05) is 18.5 Å². The number of para-hydroxylation sites is 1. The monoisotopic (exact) mass is 233 g/mol. The van der Waals surface area contributed by atoms with Gasteiger partial charge in [-0.1, -0.05) is 32.9 Å². The van der Waals surface area contributed by atoms with Crippen molar-refractivity contribution in [3.63, 3.8) is 0 Å². The van der Waals surface area contributed by atoms with Crippen LogP contribution in [-0.2, 0) is 6.42 Å². The van der Waals surface area contributed by atoms with Gasteiger partial charge in [-0.2, -0.15) is 0 Å². The van der Waals surface area contributed by atoms with Gasteiger partial charge in [-0.05, 0) is 36.3 Å². The predicted molar refractivity (Wildman–Crippen MR) is 72.7 cm³/mol. The predicted octanol–water partition coefficient (Wildman–Crippen LogP) is 3.72. The summed E-state index contributed by atoms with van der Waals surface area (Å²) in [6.45, 7) is 10.7. The lowest BCUT2D eigenvalue weighted by Crippen LogP contribution is -2.33. The highest BCUT2D eigenvalue weighted by Crippen LogP contribution is 2.38. The smallest absolute Gasteiger partial charge is 0.142 e. The van der Waals surface area contributed by atoms with Crippen molar-refractivity contribution < 1.29 is 4.74 Å². The van der Waals surface area contributed by atoms with Crippen molar-refractivity contribution in [2.45, 2.75) is 34.1 Å². The average molecular weight is 233 g/mol. The molecular formula is C15H23NO. The van der Waals surface area contributed by atoms with Gasteiger partial charge in [-0.3, -0.25) is 0 Å². The van der Waals surface area contributed by atoms with Gasteiger partial charge in [-0.25, -0.2) is 0 Å². The lowest BCUT2D eigenvalue weighted by molar-refractivity contribution is 0.246. The zero-order chi connectivity index (χ0) is 12.5. The Morgan fingerprint density at radius 1 is 1.35 bits per heavy atom. The van der Waals surface area contributed by atoms with Crippen molar-refractivity contribution in [1.29, 1.82) is 0 Å². The van der Waals surface area contributed by atoms with E-state index in [0.29, 0.717) is 11.3 Å². The van der Waals surface area contributed by atoms with Crippen molar-refractivity contribution in [2.24, 2.45) is 11.3 Å². The summed E-state index contributed by atoms with van der Waals surface area (Å²) in [6, 6.07) is 6.35. The second-order valence-corrected chi connectivity index (χ2v) is 5.87. The number of benzene rings is 1. The largest absolute Gasteiger partial charge is 0.492 e. The number of rotatable bonds is 2. The summed E-state index contributed by atoms with van der Waals surface area (Å²) < 4.78 is 5.66. The normalized spacial score (nSPS) is 19.4. The molecular weight excluding hydrogens is 210 g/mol. The first-order valence-electron chi connectivity index (χ1n) is 6.51. The zero-order valence-corrected chi connectivity index (χ0v) is 11.3. The molecule has 1 aromatic carbocycles. The second kappa shape index (κ2) is 4.59. The van der Waals surface area contributed by atoms with E-state index in [9.17, 15) is 0 Å². The quantitative estimate of drug-likeness (QED) is 0.840. The van der Waals surface area contributed by atoms with Gasteiger partial charge in [0.25, 0.3) is 0 Å². The van der Waals surface area contributed by atoms with Crippen LogP contribution in [0.1, 0.15) is 33.3 Å². The van der Waals surface area contributed by atoms with Crippen LogP contribution in [0.15, 0.2) is 18.2 Å². The van der Waals surface area contributed by atoms with Crippen LogP contribution < -0.4 is 10.1 Å². The molecule has 0 bridgehead atoms. The Morgan fingerprint density at radius 3 is 2.76 bits per heavy atom. The van der Waals surface area contributed by atoms with E-state index in [1.54, 1.807) is 0 Å². The van der Waals surface area contributed by atoms with Crippen molar-refractivity contribution >= 4 is 5.69 Å². The SMILES string of the molecule is CCOc1cccc2c1NCC(C(C)(C)C)C2. The van der Waals surface area contributed by atoms with Gasteiger partial charge in [0.1, 0.15) is 5.75 Å². The highest BCUT2D eigenvalue weighted by molar-refractivity contribution is 5.63. The molecule has 0 aliphatic carbocycles. The minimum atomic E-state index is 0.353. The fraction of sp³-hybridized carbons (Fsp3) is 0.600. The molecule has 1 atom stereocenters. The summed E-state index contributed by atoms with van der Waals surface area (Å²) in [7, 11) is 0. The molecule has 1 aliphatic rings. The maximum Gasteiger partial charge on any atom is 0.142 e. The van der Waals surface area contributed by atoms with Crippen LogP contribution in [0.3, 0.4) is 0 Å². The fourth-order valence-electron chi connectivity index (χ4n) is 2.40. The molecule has 94 valence electrons. The zero-order valence-electron chi connectivity index (χ0n) is 11.3. The fourth-order valence-corrected chi connectivity index (χ4v) is 2.40. The average Bonchev–Trinajstić information content (AvgIpc) is 2.28. The Hall–Kier alpha value is -1.18. The van der Waals surface area contributed by atoms with Crippen LogP contribution in [0.2, 0.25) is 0 Å². The van der Waals surface area contributed by atoms with Gasteiger partial charge in [0, 0.05) is 6.54 Å². The number of hydrogen-bond donors (Lipinski definition) is 1. The van der Waals surface area contributed by atoms with Gasteiger partial charge in [0.05, 0.1) is 12.3 Å². The Balaban J connectivity index is 2.25. The molecule has 17 heavy (non-hydrogen) atoms. The summed E-state index contributed by atoms with van der Waals surface area (Å²) in [5.41, 5.74) is 2.95. The Labute approximate surface area is 104 Å². The highest BCUT2D eigenvalue weighted by atomic mass is 16.5. The van der Waals surface area contributed by atoms with E-state index in [-0.39, 0.29) is 0 Å². The van der Waals surface area contributed by atoms with Gasteiger partial charge >= 0.3 is 0 Å². The molecule has 1 N–H and O–H groups in total. The second-order valence-electron chi connectivity index (χ2n) is 5.87. The molecule has 0 fully saturated rings. The van der Waals surface area contributed by atoms with Gasteiger partial charge in [-0.15, -0.1) is 0 Å². The van der Waals surface area contributed by atoms with Crippen LogP contribution in [0.4, 0.5) is 5.69 Å². The minimum Gasteiger partial charge on any atom is -0.492 e. The number of ether oxygens (including phenoxy) is 1. The van der Waals surface area contributed by atoms with Crippen molar-refractivity contribution in [3.05, 3.63) is 23.8 Å². The maximum absolute atomic E-state index is 5.66. The summed E-state index contributed by atoms with van der Waals surface area (Å²) in [5, 5.41) is 3.55. The van der Waals surface area contributed by atoms with Crippen LogP contribution in [0.5, 0.6) is 5.75 Å². The van der Waals surface area contributed by atoms with E-state index in [1.807, 2.05) is 13.0 Å². The van der Waals surface area contributed by atoms with Crippen LogP contribution in [-0.4, -0.2) is 13.2 Å². The number of anilines is 1. The summed E-state index contributed by atoms with van der Waals surface area (Å²) in [6.07, 6.45) is 1.15. The molecule has 2 rings (SSSR count). The number of nitrogens with one attached hydrogen (secondary N) is 1. The van der Waals surface area contributed by atoms with E-state index in [1.165, 1.54) is 11.3 Å². The molecule has 0 amide bonds. The molecule has 0 saturated heterocycles. The minimum absolute atomic E-state index is 0.353. The molecule has 1 unspecified atom stereocenters. The van der Waals surface area contributed by atoms with Crippen LogP contribution in [0, 0.1) is 11.3 Å². The van der Waals surface area contributed by atoms with E-state index in [4.69, 9.17) is 4.74 Å². The van der Waals surface area contributed by atoms with Gasteiger partial charge in [0.2, 0.25) is 0 Å². The lowest BCUT2D eigenvalue weighted by Gasteiger charge is -2.36. The third-order valence-electron chi connectivity index (χ3n) is 3.63. The van der Waals surface area contributed by atoms with Crippen molar-refractivity contribution in [3.8, 4) is 5.75 Å². The molecule has 2 nitrogen and oxygen atoms in total. The Bertz CT molecular complexity index is 392. The first kappa shape index (κ1) is 12.3. The van der Waals surface area contributed by atoms with Crippen molar-refractivity contribution in [1.82, 2.24) is 0 Å². The first-order valence-corrected chi connectivity index (χ1v) is 6.51. The van der Waals surface area contributed by atoms with Gasteiger partial charge < -0.3 is 10.1 Å². The third-order valence-corrected chi connectivity index (χ3v) is 3.63. The van der Waals surface area contributed by atoms with Gasteiger partial charge in [0.15, 0.2) is 0 Å². The number of fused-ring (bicyclic) bond motifs is 1. The van der Waals surface area contributed by atoms with Crippen LogP contribution >= 0.6 is 0 Å². The molecule has 1 heterocycles. The molecule has 2 heteroatoms. The molecule has 1 aliphatic heterocycles. The third kappa shape index (κ3) is 2.56. The van der Waals surface area contributed by atoms with E-state index in [0.717, 1.165) is 25.3 Å². The summed E-state index contributed by atoms with van der Waals surface area (Å²) in [5.74, 6) is 1.68. The van der Waals surface area contributed by atoms with Crippen LogP contribution in [0.25, 0.3) is 0 Å². The molecule has 0 spiro atoms. The molecule has 0 radical (unpaired) electrons. The lowest BCUT2D eigenvalue weighted by atomic mass is 9.75.